The zero-order chi connectivity index (χ0) is 15.2. The molecule has 1 amide bonds. The van der Waals surface area contributed by atoms with Crippen LogP contribution in [0.5, 0.6) is 0 Å². The minimum absolute atomic E-state index is 0.258. The number of para-hydroxylation sites is 1. The normalized spacial score (nSPS) is 10.0. The smallest absolute Gasteiger partial charge is 0.340 e. The predicted molar refractivity (Wildman–Crippen MR) is 81.5 cm³/mol. The number of hydrogen-bond donors (Lipinski definition) is 1. The molecule has 2 rings (SSSR count). The van der Waals surface area contributed by atoms with Gasteiger partial charge in [0.1, 0.15) is 0 Å². The van der Waals surface area contributed by atoms with Crippen LogP contribution >= 0.6 is 0 Å². The third-order valence-electron chi connectivity index (χ3n) is 2.98. The van der Waals surface area contributed by atoms with Crippen LogP contribution in [0.2, 0.25) is 0 Å². The maximum absolute atomic E-state index is 12.2. The van der Waals surface area contributed by atoms with Crippen LogP contribution in [0.4, 0.5) is 5.69 Å². The van der Waals surface area contributed by atoms with Gasteiger partial charge >= 0.3 is 5.97 Å². The molecule has 1 N–H and O–H groups in total. The third kappa shape index (κ3) is 3.69. The second kappa shape index (κ2) is 6.70. The number of amides is 1. The van der Waals surface area contributed by atoms with Gasteiger partial charge in [0.2, 0.25) is 0 Å². The Labute approximate surface area is 123 Å². The molecule has 0 saturated heterocycles. The molecular formula is C17H17NO3. The van der Waals surface area contributed by atoms with Crippen LogP contribution in [0.1, 0.15) is 33.2 Å². The summed E-state index contributed by atoms with van der Waals surface area (Å²) in [7, 11) is 0. The van der Waals surface area contributed by atoms with Crippen molar-refractivity contribution in [2.24, 2.45) is 0 Å². The van der Waals surface area contributed by atoms with Crippen LogP contribution in [-0.4, -0.2) is 18.5 Å². The second-order valence-corrected chi connectivity index (χ2v) is 4.59. The highest BCUT2D eigenvalue weighted by Gasteiger charge is 2.14. The number of rotatable bonds is 4. The Morgan fingerprint density at radius 2 is 1.71 bits per heavy atom. The van der Waals surface area contributed by atoms with Gasteiger partial charge in [0.25, 0.3) is 5.91 Å². The van der Waals surface area contributed by atoms with E-state index in [1.807, 2.05) is 19.1 Å². The lowest BCUT2D eigenvalue weighted by Crippen LogP contribution is -2.15. The van der Waals surface area contributed by atoms with E-state index in [1.165, 1.54) is 0 Å². The number of carbonyl (C=O) groups is 2. The van der Waals surface area contributed by atoms with Gasteiger partial charge in [-0.15, -0.1) is 0 Å². The van der Waals surface area contributed by atoms with E-state index in [1.54, 1.807) is 43.3 Å². The summed E-state index contributed by atoms with van der Waals surface area (Å²) in [5, 5.41) is 2.75. The van der Waals surface area contributed by atoms with E-state index in [-0.39, 0.29) is 5.91 Å². The van der Waals surface area contributed by atoms with Crippen molar-refractivity contribution < 1.29 is 14.3 Å². The molecule has 0 bridgehead atoms. The monoisotopic (exact) mass is 283 g/mol. The Kier molecular flexibility index (Phi) is 4.72. The minimum atomic E-state index is -0.447. The van der Waals surface area contributed by atoms with E-state index in [0.29, 0.717) is 23.4 Å². The Balaban J connectivity index is 2.21. The van der Waals surface area contributed by atoms with Crippen molar-refractivity contribution in [3.8, 4) is 0 Å². The molecule has 108 valence electrons. The number of hydrogen-bond acceptors (Lipinski definition) is 3. The molecule has 2 aromatic rings. The molecule has 0 aliphatic rings. The molecule has 0 spiro atoms. The molecular weight excluding hydrogens is 266 g/mol. The largest absolute Gasteiger partial charge is 0.462 e. The highest BCUT2D eigenvalue weighted by Crippen LogP contribution is 2.17. The Morgan fingerprint density at radius 1 is 1.05 bits per heavy atom. The topological polar surface area (TPSA) is 55.4 Å². The first kappa shape index (κ1) is 14.8. The van der Waals surface area contributed by atoms with Gasteiger partial charge in [-0.25, -0.2) is 4.79 Å². The van der Waals surface area contributed by atoms with E-state index in [4.69, 9.17) is 4.74 Å². The SMILES string of the molecule is CCOC(=O)c1ccccc1NC(=O)c1ccc(C)cc1. The molecule has 0 aromatic heterocycles. The van der Waals surface area contributed by atoms with Crippen LogP contribution in [0.15, 0.2) is 48.5 Å². The van der Waals surface area contributed by atoms with Gasteiger partial charge < -0.3 is 10.1 Å². The van der Waals surface area contributed by atoms with Crippen LogP contribution < -0.4 is 5.32 Å². The van der Waals surface area contributed by atoms with Crippen LogP contribution in [-0.2, 0) is 4.74 Å². The number of ether oxygens (including phenoxy) is 1. The van der Waals surface area contributed by atoms with Crippen molar-refractivity contribution in [1.82, 2.24) is 0 Å². The zero-order valence-electron chi connectivity index (χ0n) is 12.1. The molecule has 4 heteroatoms. The number of nitrogens with one attached hydrogen (secondary N) is 1. The van der Waals surface area contributed by atoms with Crippen molar-refractivity contribution in [2.45, 2.75) is 13.8 Å². The molecule has 0 heterocycles. The lowest BCUT2D eigenvalue weighted by Gasteiger charge is -2.10. The molecule has 2 aromatic carbocycles. The quantitative estimate of drug-likeness (QED) is 0.875. The van der Waals surface area contributed by atoms with Gasteiger partial charge in [0, 0.05) is 5.56 Å². The Hall–Kier alpha value is -2.62. The summed E-state index contributed by atoms with van der Waals surface area (Å²) in [6, 6.07) is 14.0. The molecule has 0 radical (unpaired) electrons. The number of esters is 1. The average molecular weight is 283 g/mol. The highest BCUT2D eigenvalue weighted by molar-refractivity contribution is 6.08. The average Bonchev–Trinajstić information content (AvgIpc) is 2.48. The lowest BCUT2D eigenvalue weighted by molar-refractivity contribution is 0.0527. The number of benzene rings is 2. The van der Waals surface area contributed by atoms with Gasteiger partial charge in [0.15, 0.2) is 0 Å². The first-order valence-electron chi connectivity index (χ1n) is 6.76. The van der Waals surface area contributed by atoms with Crippen molar-refractivity contribution in [1.29, 1.82) is 0 Å². The van der Waals surface area contributed by atoms with Crippen molar-refractivity contribution in [3.05, 3.63) is 65.2 Å². The summed E-state index contributed by atoms with van der Waals surface area (Å²) < 4.78 is 4.98. The Morgan fingerprint density at radius 3 is 2.38 bits per heavy atom. The maximum Gasteiger partial charge on any atom is 0.340 e. The fourth-order valence-electron chi connectivity index (χ4n) is 1.88. The summed E-state index contributed by atoms with van der Waals surface area (Å²) >= 11 is 0. The highest BCUT2D eigenvalue weighted by atomic mass is 16.5. The van der Waals surface area contributed by atoms with Gasteiger partial charge in [0.05, 0.1) is 17.9 Å². The Bertz CT molecular complexity index is 647. The lowest BCUT2D eigenvalue weighted by atomic mass is 10.1. The summed E-state index contributed by atoms with van der Waals surface area (Å²) in [6.45, 7) is 3.99. The fraction of sp³-hybridized carbons (Fsp3) is 0.176. The molecule has 0 atom stereocenters. The molecule has 0 aliphatic heterocycles. The van der Waals surface area contributed by atoms with Crippen molar-refractivity contribution in [3.63, 3.8) is 0 Å². The van der Waals surface area contributed by atoms with Crippen LogP contribution in [0.25, 0.3) is 0 Å². The van der Waals surface area contributed by atoms with Gasteiger partial charge in [-0.2, -0.15) is 0 Å². The molecule has 0 unspecified atom stereocenters. The minimum Gasteiger partial charge on any atom is -0.462 e. The standard InChI is InChI=1S/C17H17NO3/c1-3-21-17(20)14-6-4-5-7-15(14)18-16(19)13-10-8-12(2)9-11-13/h4-11H,3H2,1-2H3,(H,18,19). The predicted octanol–water partition coefficient (Wildman–Crippen LogP) is 3.42. The van der Waals surface area contributed by atoms with Crippen molar-refractivity contribution >= 4 is 17.6 Å². The summed E-state index contributed by atoms with van der Waals surface area (Å²) in [6.07, 6.45) is 0. The number of carbonyl (C=O) groups excluding carboxylic acids is 2. The number of anilines is 1. The summed E-state index contributed by atoms with van der Waals surface area (Å²) in [5.74, 6) is -0.705. The first-order chi connectivity index (χ1) is 10.1. The van der Waals surface area contributed by atoms with Crippen LogP contribution in [0, 0.1) is 6.92 Å². The first-order valence-corrected chi connectivity index (χ1v) is 6.76. The van der Waals surface area contributed by atoms with Gasteiger partial charge in [-0.1, -0.05) is 29.8 Å². The maximum atomic E-state index is 12.2. The molecule has 21 heavy (non-hydrogen) atoms. The summed E-state index contributed by atoms with van der Waals surface area (Å²) in [4.78, 5) is 24.0. The fourth-order valence-corrected chi connectivity index (χ4v) is 1.88. The van der Waals surface area contributed by atoms with Gasteiger partial charge in [-0.05, 0) is 38.1 Å². The van der Waals surface area contributed by atoms with E-state index < -0.39 is 5.97 Å². The van der Waals surface area contributed by atoms with Gasteiger partial charge in [-0.3, -0.25) is 4.79 Å². The second-order valence-electron chi connectivity index (χ2n) is 4.59. The van der Waals surface area contributed by atoms with Crippen molar-refractivity contribution in [2.75, 3.05) is 11.9 Å². The van der Waals surface area contributed by atoms with E-state index >= 15 is 0 Å². The molecule has 0 saturated carbocycles. The van der Waals surface area contributed by atoms with E-state index in [9.17, 15) is 9.59 Å². The third-order valence-corrected chi connectivity index (χ3v) is 2.98. The number of aryl methyl sites for hydroxylation is 1. The van der Waals surface area contributed by atoms with E-state index in [2.05, 4.69) is 5.32 Å². The molecule has 4 nitrogen and oxygen atoms in total. The molecule has 0 fully saturated rings. The zero-order valence-corrected chi connectivity index (χ0v) is 12.1. The van der Waals surface area contributed by atoms with Crippen LogP contribution in [0.3, 0.4) is 0 Å². The summed E-state index contributed by atoms with van der Waals surface area (Å²) in [5.41, 5.74) is 2.42. The van der Waals surface area contributed by atoms with E-state index in [0.717, 1.165) is 5.56 Å². The molecule has 0 aliphatic carbocycles.